The van der Waals surface area contributed by atoms with E-state index in [4.69, 9.17) is 10.5 Å². The summed E-state index contributed by atoms with van der Waals surface area (Å²) in [4.78, 5) is 0. The fourth-order valence-corrected chi connectivity index (χ4v) is 0.658. The predicted octanol–water partition coefficient (Wildman–Crippen LogP) is 3.12. The van der Waals surface area contributed by atoms with E-state index in [1.165, 1.54) is 0 Å². The third-order valence-electron chi connectivity index (χ3n) is 1.12. The van der Waals surface area contributed by atoms with Crippen LogP contribution in [0.5, 0.6) is 0 Å². The zero-order valence-electron chi connectivity index (χ0n) is 6.84. The van der Waals surface area contributed by atoms with Crippen molar-refractivity contribution in [2.75, 3.05) is 0 Å². The van der Waals surface area contributed by atoms with E-state index in [0.717, 1.165) is 0 Å². The highest BCUT2D eigenvalue weighted by Gasteiger charge is 1.90. The van der Waals surface area contributed by atoms with Crippen LogP contribution in [0.15, 0.2) is 24.3 Å². The van der Waals surface area contributed by atoms with Crippen molar-refractivity contribution in [3.8, 4) is 12.1 Å². The summed E-state index contributed by atoms with van der Waals surface area (Å²) in [6.07, 6.45) is 0. The van der Waals surface area contributed by atoms with E-state index in [2.05, 4.69) is 0 Å². The third-order valence-corrected chi connectivity index (χ3v) is 1.12. The summed E-state index contributed by atoms with van der Waals surface area (Å²) in [5.74, 6) is 0. The van der Waals surface area contributed by atoms with Gasteiger partial charge in [0.1, 0.15) is 0 Å². The van der Waals surface area contributed by atoms with Gasteiger partial charge in [-0.25, -0.2) is 0 Å². The van der Waals surface area contributed by atoms with Gasteiger partial charge in [-0.3, -0.25) is 0 Å². The molecule has 2 nitrogen and oxygen atoms in total. The highest BCUT2D eigenvalue weighted by Crippen LogP contribution is 2.01. The molecule has 1 aromatic rings. The molecule has 14 heavy (non-hydrogen) atoms. The molecular formula is C8H8Cl4N2. The zero-order valence-corrected chi connectivity index (χ0v) is 10.1. The molecule has 0 radical (unpaired) electrons. The first-order valence-electron chi connectivity index (χ1n) is 2.77. The van der Waals surface area contributed by atoms with Crippen LogP contribution in [0.2, 0.25) is 0 Å². The molecule has 0 heterocycles. The molecule has 0 aliphatic heterocycles. The molecule has 1 aromatic carbocycles. The topological polar surface area (TPSA) is 47.6 Å². The average molecular weight is 274 g/mol. The van der Waals surface area contributed by atoms with E-state index >= 15 is 0 Å². The summed E-state index contributed by atoms with van der Waals surface area (Å²) in [5, 5.41) is 16.8. The van der Waals surface area contributed by atoms with Crippen LogP contribution < -0.4 is 0 Å². The maximum atomic E-state index is 8.40. The molecule has 0 aliphatic rings. The first-order chi connectivity index (χ1) is 4.86. The van der Waals surface area contributed by atoms with Crippen LogP contribution in [0, 0.1) is 22.7 Å². The molecule has 1 rings (SSSR count). The van der Waals surface area contributed by atoms with Crippen molar-refractivity contribution in [1.82, 2.24) is 0 Å². The lowest BCUT2D eigenvalue weighted by Gasteiger charge is -1.86. The molecule has 0 aromatic heterocycles. The van der Waals surface area contributed by atoms with Crippen LogP contribution in [-0.2, 0) is 0 Å². The number of nitriles is 2. The molecule has 0 spiro atoms. The molecule has 0 atom stereocenters. The summed E-state index contributed by atoms with van der Waals surface area (Å²) in [6, 6.07) is 10.5. The van der Waals surface area contributed by atoms with Crippen LogP contribution in [0.4, 0.5) is 0 Å². The number of halogens is 4. The van der Waals surface area contributed by atoms with Gasteiger partial charge in [0.15, 0.2) is 0 Å². The summed E-state index contributed by atoms with van der Waals surface area (Å²) in [7, 11) is 0. The van der Waals surface area contributed by atoms with Crippen molar-refractivity contribution in [3.05, 3.63) is 35.4 Å². The van der Waals surface area contributed by atoms with E-state index in [1.54, 1.807) is 24.3 Å². The van der Waals surface area contributed by atoms with Crippen LogP contribution in [0.3, 0.4) is 0 Å². The van der Waals surface area contributed by atoms with Gasteiger partial charge in [0.25, 0.3) is 0 Å². The van der Waals surface area contributed by atoms with Gasteiger partial charge in [0.05, 0.1) is 23.3 Å². The molecule has 0 saturated heterocycles. The summed E-state index contributed by atoms with van der Waals surface area (Å²) >= 11 is 0. The minimum absolute atomic E-state index is 0. The Morgan fingerprint density at radius 2 is 1.14 bits per heavy atom. The highest BCUT2D eigenvalue weighted by atomic mass is 35.5. The smallest absolute Gasteiger partial charge is 0.0992 e. The number of hydrogen-bond acceptors (Lipinski definition) is 2. The summed E-state index contributed by atoms with van der Waals surface area (Å²) in [6.45, 7) is 0. The van der Waals surface area contributed by atoms with Gasteiger partial charge >= 0.3 is 0 Å². The monoisotopic (exact) mass is 272 g/mol. The molecule has 0 bridgehead atoms. The van der Waals surface area contributed by atoms with Crippen LogP contribution in [0.1, 0.15) is 11.1 Å². The van der Waals surface area contributed by atoms with Gasteiger partial charge in [-0.05, 0) is 18.2 Å². The molecule has 0 N–H and O–H groups in total. The Kier molecular flexibility index (Phi) is 20.6. The Hall–Kier alpha value is -0.640. The lowest BCUT2D eigenvalue weighted by Crippen LogP contribution is -1.75. The first kappa shape index (κ1) is 23.3. The standard InChI is InChI=1S/C8H4N2.4ClH/c9-5-7-2-1-3-8(4-7)6-10;;;;/h1-4H;4*1H. The Bertz CT molecular complexity index is 298. The van der Waals surface area contributed by atoms with Crippen molar-refractivity contribution in [1.29, 1.82) is 10.5 Å². The number of nitrogens with zero attached hydrogens (tertiary/aromatic N) is 2. The highest BCUT2D eigenvalue weighted by molar-refractivity contribution is 5.86. The third kappa shape index (κ3) is 6.83. The number of hydrogen-bond donors (Lipinski definition) is 0. The summed E-state index contributed by atoms with van der Waals surface area (Å²) in [5.41, 5.74) is 1.05. The quantitative estimate of drug-likeness (QED) is 0.729. The molecule has 0 saturated carbocycles. The van der Waals surface area contributed by atoms with Gasteiger partial charge < -0.3 is 0 Å². The Morgan fingerprint density at radius 1 is 0.786 bits per heavy atom. The van der Waals surface area contributed by atoms with Crippen molar-refractivity contribution in [2.24, 2.45) is 0 Å². The molecule has 6 heteroatoms. The lowest BCUT2D eigenvalue weighted by atomic mass is 10.2. The largest absolute Gasteiger partial charge is 0.192 e. The van der Waals surface area contributed by atoms with Crippen molar-refractivity contribution < 1.29 is 0 Å². The molecule has 0 aliphatic carbocycles. The molecule has 78 valence electrons. The van der Waals surface area contributed by atoms with Crippen LogP contribution in [0.25, 0.3) is 0 Å². The lowest BCUT2D eigenvalue weighted by molar-refractivity contribution is 1.45. The van der Waals surface area contributed by atoms with Gasteiger partial charge in [-0.2, -0.15) is 10.5 Å². The molecule has 0 amide bonds. The minimum atomic E-state index is 0. The van der Waals surface area contributed by atoms with Crippen molar-refractivity contribution >= 4 is 49.6 Å². The van der Waals surface area contributed by atoms with Gasteiger partial charge in [-0.1, -0.05) is 6.07 Å². The predicted molar refractivity (Wildman–Crippen MR) is 64.9 cm³/mol. The SMILES string of the molecule is Cl.Cl.Cl.Cl.N#Cc1cccc(C#N)c1. The maximum absolute atomic E-state index is 8.40. The second-order valence-corrected chi connectivity index (χ2v) is 1.80. The molecular weight excluding hydrogens is 266 g/mol. The van der Waals surface area contributed by atoms with E-state index < -0.39 is 0 Å². The second kappa shape index (κ2) is 12.4. The zero-order chi connectivity index (χ0) is 7.40. The normalized spacial score (nSPS) is 5.57. The molecule has 0 fully saturated rings. The van der Waals surface area contributed by atoms with Gasteiger partial charge in [0, 0.05) is 0 Å². The maximum Gasteiger partial charge on any atom is 0.0992 e. The average Bonchev–Trinajstić information content (AvgIpc) is 2.05. The van der Waals surface area contributed by atoms with Crippen molar-refractivity contribution in [2.45, 2.75) is 0 Å². The van der Waals surface area contributed by atoms with E-state index in [1.807, 2.05) is 12.1 Å². The fourth-order valence-electron chi connectivity index (χ4n) is 0.658. The Morgan fingerprint density at radius 3 is 1.43 bits per heavy atom. The number of benzene rings is 1. The second-order valence-electron chi connectivity index (χ2n) is 1.80. The Labute approximate surface area is 108 Å². The van der Waals surface area contributed by atoms with E-state index in [9.17, 15) is 0 Å². The van der Waals surface area contributed by atoms with Crippen molar-refractivity contribution in [3.63, 3.8) is 0 Å². The van der Waals surface area contributed by atoms with Gasteiger partial charge in [-0.15, -0.1) is 49.6 Å². The fraction of sp³-hybridized carbons (Fsp3) is 0. The van der Waals surface area contributed by atoms with Gasteiger partial charge in [0.2, 0.25) is 0 Å². The van der Waals surface area contributed by atoms with E-state index in [0.29, 0.717) is 11.1 Å². The van der Waals surface area contributed by atoms with Crippen LogP contribution >= 0.6 is 49.6 Å². The van der Waals surface area contributed by atoms with Crippen LogP contribution in [-0.4, -0.2) is 0 Å². The van der Waals surface area contributed by atoms with E-state index in [-0.39, 0.29) is 49.6 Å². The summed E-state index contributed by atoms with van der Waals surface area (Å²) < 4.78 is 0. The Balaban J connectivity index is -0.000000125. The minimum Gasteiger partial charge on any atom is -0.192 e. The number of rotatable bonds is 0. The first-order valence-corrected chi connectivity index (χ1v) is 2.77. The molecule has 0 unspecified atom stereocenters.